The second-order valence-electron chi connectivity index (χ2n) is 9.38. The number of nitrogens with zero attached hydrogens (tertiary/aromatic N) is 2. The van der Waals surface area contributed by atoms with E-state index in [4.69, 9.17) is 25.8 Å². The van der Waals surface area contributed by atoms with E-state index in [1.54, 1.807) is 23.0 Å². The van der Waals surface area contributed by atoms with Crippen molar-refractivity contribution in [1.29, 1.82) is 0 Å². The van der Waals surface area contributed by atoms with Gasteiger partial charge in [-0.1, -0.05) is 62.7 Å². The van der Waals surface area contributed by atoms with Crippen LogP contribution in [0.15, 0.2) is 42.5 Å². The van der Waals surface area contributed by atoms with Gasteiger partial charge in [0.05, 0.1) is 12.2 Å². The lowest BCUT2D eigenvalue weighted by Crippen LogP contribution is -2.51. The minimum Gasteiger partial charge on any atom is -0.465 e. The molecule has 2 aromatic carbocycles. The van der Waals surface area contributed by atoms with E-state index in [0.717, 1.165) is 17.5 Å². The van der Waals surface area contributed by atoms with E-state index in [0.29, 0.717) is 42.6 Å². The van der Waals surface area contributed by atoms with Gasteiger partial charge in [-0.15, -0.1) is 0 Å². The van der Waals surface area contributed by atoms with Gasteiger partial charge in [0.25, 0.3) is 0 Å². The summed E-state index contributed by atoms with van der Waals surface area (Å²) in [5, 5.41) is 3.83. The van der Waals surface area contributed by atoms with E-state index >= 15 is 0 Å². The molecule has 9 heteroatoms. The maximum Gasteiger partial charge on any atom is 0.410 e. The Morgan fingerprint density at radius 2 is 1.72 bits per heavy atom. The van der Waals surface area contributed by atoms with Crippen LogP contribution in [-0.2, 0) is 26.3 Å². The number of anilines is 1. The molecule has 0 aromatic heterocycles. The summed E-state index contributed by atoms with van der Waals surface area (Å²) in [7, 11) is 1.55. The zero-order valence-corrected chi connectivity index (χ0v) is 22.3. The highest BCUT2D eigenvalue weighted by Crippen LogP contribution is 2.39. The molecule has 1 heterocycles. The molecule has 1 aliphatic heterocycles. The van der Waals surface area contributed by atoms with E-state index in [-0.39, 0.29) is 37.4 Å². The molecule has 0 atom stereocenters. The van der Waals surface area contributed by atoms with E-state index in [9.17, 15) is 9.59 Å². The first-order valence-corrected chi connectivity index (χ1v) is 12.6. The predicted molar refractivity (Wildman–Crippen MR) is 141 cm³/mol. The van der Waals surface area contributed by atoms with Crippen molar-refractivity contribution in [3.8, 4) is 5.75 Å². The Balaban J connectivity index is 1.56. The van der Waals surface area contributed by atoms with Crippen LogP contribution in [0.1, 0.15) is 38.3 Å². The quantitative estimate of drug-likeness (QED) is 0.451. The van der Waals surface area contributed by atoms with Gasteiger partial charge in [0, 0.05) is 44.4 Å². The number of methoxy groups -OCH3 is 1. The minimum atomic E-state index is -0.365. The van der Waals surface area contributed by atoms with Gasteiger partial charge >= 0.3 is 6.09 Å². The molecule has 0 saturated carbocycles. The number of hydrogen-bond acceptors (Lipinski definition) is 6. The number of piperazine rings is 1. The lowest BCUT2D eigenvalue weighted by Gasteiger charge is -2.34. The van der Waals surface area contributed by atoms with Gasteiger partial charge in [0.15, 0.2) is 6.79 Å². The number of rotatable bonds is 10. The van der Waals surface area contributed by atoms with Crippen LogP contribution in [0.3, 0.4) is 0 Å². The summed E-state index contributed by atoms with van der Waals surface area (Å²) in [6, 6.07) is 13.3. The number of hydrogen-bond donors (Lipinski definition) is 1. The minimum absolute atomic E-state index is 0.0590. The van der Waals surface area contributed by atoms with Gasteiger partial charge in [-0.25, -0.2) is 4.79 Å². The van der Waals surface area contributed by atoms with E-state index in [1.165, 1.54) is 0 Å². The van der Waals surface area contributed by atoms with Crippen LogP contribution in [0.2, 0.25) is 5.02 Å². The van der Waals surface area contributed by atoms with Gasteiger partial charge in [0.2, 0.25) is 5.91 Å². The predicted octanol–water partition coefficient (Wildman–Crippen LogP) is 4.90. The van der Waals surface area contributed by atoms with Crippen LogP contribution < -0.4 is 10.1 Å². The normalized spacial score (nSPS) is 13.9. The summed E-state index contributed by atoms with van der Waals surface area (Å²) < 4.78 is 16.1. The van der Waals surface area contributed by atoms with Crippen LogP contribution in [0, 0.1) is 0 Å². The summed E-state index contributed by atoms with van der Waals surface area (Å²) in [5.41, 5.74) is 2.47. The van der Waals surface area contributed by atoms with Gasteiger partial charge in [-0.3, -0.25) is 4.79 Å². The molecule has 8 nitrogen and oxygen atoms in total. The van der Waals surface area contributed by atoms with Gasteiger partial charge in [-0.2, -0.15) is 0 Å². The average molecular weight is 518 g/mol. The Kier molecular flexibility index (Phi) is 9.84. The average Bonchev–Trinajstić information content (AvgIpc) is 2.90. The molecule has 0 bridgehead atoms. The van der Waals surface area contributed by atoms with Crippen LogP contribution in [0.4, 0.5) is 10.5 Å². The third-order valence-corrected chi connectivity index (χ3v) is 6.85. The number of amides is 2. The molecule has 0 radical (unpaired) electrons. The lowest BCUT2D eigenvalue weighted by molar-refractivity contribution is -0.130. The summed E-state index contributed by atoms with van der Waals surface area (Å²) in [6.45, 7) is 8.51. The molecule has 0 spiro atoms. The fourth-order valence-corrected chi connectivity index (χ4v) is 4.29. The zero-order valence-electron chi connectivity index (χ0n) is 21.5. The SMILES string of the molecule is CCC(C)(C)c1cc(NCC(=O)N2CCN(C(=O)OCc3ccccc3)CC2)c(OCOC)cc1Cl. The molecular formula is C27H36ClN3O5. The number of ether oxygens (including phenoxy) is 3. The molecule has 2 aromatic rings. The van der Waals surface area contributed by atoms with Crippen molar-refractivity contribution in [2.75, 3.05) is 51.9 Å². The van der Waals surface area contributed by atoms with Crippen molar-refractivity contribution >= 4 is 29.3 Å². The Bertz CT molecular complexity index is 1020. The molecular weight excluding hydrogens is 482 g/mol. The van der Waals surface area contributed by atoms with Crippen molar-refractivity contribution < 1.29 is 23.8 Å². The van der Waals surface area contributed by atoms with Crippen LogP contribution >= 0.6 is 11.6 Å². The molecule has 36 heavy (non-hydrogen) atoms. The fraction of sp³-hybridized carbons (Fsp3) is 0.481. The highest BCUT2D eigenvalue weighted by atomic mass is 35.5. The van der Waals surface area contributed by atoms with Gasteiger partial charge < -0.3 is 29.3 Å². The van der Waals surface area contributed by atoms with Crippen LogP contribution in [0.5, 0.6) is 5.75 Å². The van der Waals surface area contributed by atoms with E-state index in [2.05, 4.69) is 26.1 Å². The Morgan fingerprint density at radius 3 is 2.36 bits per heavy atom. The standard InChI is InChI=1S/C27H36ClN3O5/c1-5-27(2,3)21-15-23(24(16-22(21)28)36-19-34-4)29-17-25(32)30-11-13-31(14-12-30)26(33)35-18-20-9-7-6-8-10-20/h6-10,15-16,29H,5,11-14,17-19H2,1-4H3. The van der Waals surface area contributed by atoms with E-state index in [1.807, 2.05) is 36.4 Å². The second-order valence-corrected chi connectivity index (χ2v) is 9.79. The highest BCUT2D eigenvalue weighted by molar-refractivity contribution is 6.31. The number of carbonyl (C=O) groups is 2. The molecule has 0 aliphatic carbocycles. The highest BCUT2D eigenvalue weighted by Gasteiger charge is 2.26. The Morgan fingerprint density at radius 1 is 1.06 bits per heavy atom. The van der Waals surface area contributed by atoms with Gasteiger partial charge in [-0.05, 0) is 29.0 Å². The van der Waals surface area contributed by atoms with Crippen LogP contribution in [0.25, 0.3) is 0 Å². The zero-order chi connectivity index (χ0) is 26.1. The van der Waals surface area contributed by atoms with Gasteiger partial charge in [0.1, 0.15) is 12.4 Å². The first-order chi connectivity index (χ1) is 17.2. The van der Waals surface area contributed by atoms with Crippen molar-refractivity contribution in [2.45, 2.75) is 39.2 Å². The first kappa shape index (κ1) is 27.6. The Labute approximate surface area is 218 Å². The molecule has 1 saturated heterocycles. The maximum absolute atomic E-state index is 12.9. The summed E-state index contributed by atoms with van der Waals surface area (Å²) in [6.07, 6.45) is 0.540. The molecule has 2 amide bonds. The molecule has 196 valence electrons. The maximum atomic E-state index is 12.9. The van der Waals surface area contributed by atoms with Crippen molar-refractivity contribution in [3.05, 3.63) is 58.6 Å². The van der Waals surface area contributed by atoms with Crippen molar-refractivity contribution in [2.24, 2.45) is 0 Å². The third-order valence-electron chi connectivity index (χ3n) is 6.54. The molecule has 1 fully saturated rings. The van der Waals surface area contributed by atoms with E-state index < -0.39 is 0 Å². The number of halogens is 1. The summed E-state index contributed by atoms with van der Waals surface area (Å²) >= 11 is 6.56. The number of benzene rings is 2. The molecule has 1 N–H and O–H groups in total. The summed E-state index contributed by atoms with van der Waals surface area (Å²) in [5.74, 6) is 0.465. The van der Waals surface area contributed by atoms with Crippen molar-refractivity contribution in [3.63, 3.8) is 0 Å². The number of nitrogens with one attached hydrogen (secondary N) is 1. The first-order valence-electron chi connectivity index (χ1n) is 12.2. The number of carbonyl (C=O) groups excluding carboxylic acids is 2. The molecule has 1 aliphatic rings. The third kappa shape index (κ3) is 7.27. The monoisotopic (exact) mass is 517 g/mol. The fourth-order valence-electron chi connectivity index (χ4n) is 3.88. The Hall–Kier alpha value is -2.97. The van der Waals surface area contributed by atoms with Crippen molar-refractivity contribution in [1.82, 2.24) is 9.80 Å². The topological polar surface area (TPSA) is 80.3 Å². The summed E-state index contributed by atoms with van der Waals surface area (Å²) in [4.78, 5) is 28.7. The largest absolute Gasteiger partial charge is 0.465 e. The second kappa shape index (κ2) is 12.8. The lowest BCUT2D eigenvalue weighted by atomic mass is 9.82. The molecule has 3 rings (SSSR count). The molecule has 0 unspecified atom stereocenters. The van der Waals surface area contributed by atoms with Crippen LogP contribution in [-0.4, -0.2) is 68.4 Å². The smallest absolute Gasteiger partial charge is 0.410 e.